The molecule has 0 spiro atoms. The second kappa shape index (κ2) is 4.04. The van der Waals surface area contributed by atoms with E-state index in [0.717, 1.165) is 38.8 Å². The fourth-order valence-electron chi connectivity index (χ4n) is 1.73. The highest BCUT2D eigenvalue weighted by atomic mass is 16.5. The Balaban J connectivity index is 2.57. The second-order valence-corrected chi connectivity index (χ2v) is 3.89. The predicted octanol–water partition coefficient (Wildman–Crippen LogP) is 2.03. The molecule has 2 unspecified atom stereocenters. The van der Waals surface area contributed by atoms with E-state index in [0.29, 0.717) is 5.92 Å². The average Bonchev–Trinajstić information content (AvgIpc) is 2.18. The summed E-state index contributed by atoms with van der Waals surface area (Å²) in [4.78, 5) is 10.9. The Hall–Kier alpha value is -0.370. The van der Waals surface area contributed by atoms with E-state index in [2.05, 4.69) is 6.92 Å². The van der Waals surface area contributed by atoms with E-state index in [-0.39, 0.29) is 5.41 Å². The Labute approximate surface area is 74.3 Å². The third kappa shape index (κ3) is 1.86. The van der Waals surface area contributed by atoms with E-state index in [1.165, 1.54) is 0 Å². The normalized spacial score (nSPS) is 29.3. The van der Waals surface area contributed by atoms with Gasteiger partial charge in [0.25, 0.3) is 0 Å². The van der Waals surface area contributed by atoms with Crippen LogP contribution in [-0.4, -0.2) is 19.5 Å². The maximum Gasteiger partial charge on any atom is 0.126 e. The quantitative estimate of drug-likeness (QED) is 0.606. The molecule has 1 fully saturated rings. The van der Waals surface area contributed by atoms with Crippen LogP contribution >= 0.6 is 0 Å². The van der Waals surface area contributed by atoms with Crippen molar-refractivity contribution in [3.8, 4) is 0 Å². The molecule has 0 aromatic carbocycles. The number of ether oxygens (including phenoxy) is 1. The highest BCUT2D eigenvalue weighted by Gasteiger charge is 2.33. The lowest BCUT2D eigenvalue weighted by Gasteiger charge is -2.34. The summed E-state index contributed by atoms with van der Waals surface area (Å²) in [6.07, 6.45) is 4.27. The van der Waals surface area contributed by atoms with Crippen LogP contribution in [0.3, 0.4) is 0 Å². The van der Waals surface area contributed by atoms with Gasteiger partial charge in [0.15, 0.2) is 0 Å². The lowest BCUT2D eigenvalue weighted by molar-refractivity contribution is -0.121. The molecule has 0 saturated carbocycles. The van der Waals surface area contributed by atoms with Crippen molar-refractivity contribution < 1.29 is 9.53 Å². The van der Waals surface area contributed by atoms with Crippen LogP contribution in [0.15, 0.2) is 0 Å². The zero-order valence-corrected chi connectivity index (χ0v) is 8.01. The fraction of sp³-hybridized carbons (Fsp3) is 0.900. The first-order valence-electron chi connectivity index (χ1n) is 4.77. The number of aldehydes is 1. The van der Waals surface area contributed by atoms with Crippen molar-refractivity contribution in [1.29, 1.82) is 0 Å². The topological polar surface area (TPSA) is 26.3 Å². The third-order valence-electron chi connectivity index (χ3n) is 3.12. The van der Waals surface area contributed by atoms with E-state index in [4.69, 9.17) is 4.74 Å². The monoisotopic (exact) mass is 170 g/mol. The van der Waals surface area contributed by atoms with Gasteiger partial charge in [0.05, 0.1) is 6.61 Å². The van der Waals surface area contributed by atoms with Gasteiger partial charge in [-0.1, -0.05) is 13.8 Å². The lowest BCUT2D eigenvalue weighted by Crippen LogP contribution is -2.34. The molecule has 1 saturated heterocycles. The molecule has 0 N–H and O–H groups in total. The van der Waals surface area contributed by atoms with Gasteiger partial charge in [0.1, 0.15) is 6.29 Å². The van der Waals surface area contributed by atoms with Crippen LogP contribution in [0.5, 0.6) is 0 Å². The summed E-state index contributed by atoms with van der Waals surface area (Å²) in [6.45, 7) is 5.75. The Kier molecular flexibility index (Phi) is 3.27. The van der Waals surface area contributed by atoms with E-state index in [1.54, 1.807) is 0 Å². The van der Waals surface area contributed by atoms with E-state index >= 15 is 0 Å². The van der Waals surface area contributed by atoms with Crippen LogP contribution in [-0.2, 0) is 9.53 Å². The highest BCUT2D eigenvalue weighted by Crippen LogP contribution is 2.34. The molecule has 0 aromatic heterocycles. The first kappa shape index (κ1) is 9.72. The lowest BCUT2D eigenvalue weighted by atomic mass is 9.74. The second-order valence-electron chi connectivity index (χ2n) is 3.89. The summed E-state index contributed by atoms with van der Waals surface area (Å²) in [5.41, 5.74) is -0.152. The summed E-state index contributed by atoms with van der Waals surface area (Å²) >= 11 is 0. The van der Waals surface area contributed by atoms with E-state index in [9.17, 15) is 4.79 Å². The Bertz CT molecular complexity index is 150. The minimum atomic E-state index is -0.152. The first-order chi connectivity index (χ1) is 5.73. The minimum absolute atomic E-state index is 0.152. The van der Waals surface area contributed by atoms with Gasteiger partial charge in [-0.05, 0) is 25.2 Å². The van der Waals surface area contributed by atoms with Gasteiger partial charge < -0.3 is 9.53 Å². The van der Waals surface area contributed by atoms with Crippen molar-refractivity contribution in [3.05, 3.63) is 0 Å². The SMILES string of the molecule is CCC(C)(C=O)C1CCCOC1. The van der Waals surface area contributed by atoms with Crippen LogP contribution < -0.4 is 0 Å². The van der Waals surface area contributed by atoms with Crippen molar-refractivity contribution in [2.24, 2.45) is 11.3 Å². The number of carbonyl (C=O) groups excluding carboxylic acids is 1. The summed E-state index contributed by atoms with van der Waals surface area (Å²) in [7, 11) is 0. The van der Waals surface area contributed by atoms with Gasteiger partial charge in [0, 0.05) is 12.0 Å². The van der Waals surface area contributed by atoms with E-state index in [1.807, 2.05) is 6.92 Å². The van der Waals surface area contributed by atoms with Gasteiger partial charge in [0.2, 0.25) is 0 Å². The van der Waals surface area contributed by atoms with Crippen molar-refractivity contribution in [2.75, 3.05) is 13.2 Å². The standard InChI is InChI=1S/C10H18O2/c1-3-10(2,8-11)9-5-4-6-12-7-9/h8-9H,3-7H2,1-2H3. The molecule has 1 rings (SSSR count). The Morgan fingerprint density at radius 2 is 2.42 bits per heavy atom. The molecule has 12 heavy (non-hydrogen) atoms. The predicted molar refractivity (Wildman–Crippen MR) is 48.0 cm³/mol. The maximum atomic E-state index is 10.9. The number of hydrogen-bond donors (Lipinski definition) is 0. The van der Waals surface area contributed by atoms with Crippen LogP contribution in [0.1, 0.15) is 33.1 Å². The molecule has 0 radical (unpaired) electrons. The fourth-order valence-corrected chi connectivity index (χ4v) is 1.73. The molecule has 70 valence electrons. The smallest absolute Gasteiger partial charge is 0.126 e. The average molecular weight is 170 g/mol. The molecule has 1 aliphatic rings. The Morgan fingerprint density at radius 3 is 2.83 bits per heavy atom. The molecule has 2 atom stereocenters. The zero-order valence-electron chi connectivity index (χ0n) is 8.01. The van der Waals surface area contributed by atoms with Crippen molar-refractivity contribution >= 4 is 6.29 Å². The maximum absolute atomic E-state index is 10.9. The van der Waals surface area contributed by atoms with Gasteiger partial charge in [-0.15, -0.1) is 0 Å². The molecule has 0 aromatic rings. The van der Waals surface area contributed by atoms with Gasteiger partial charge >= 0.3 is 0 Å². The van der Waals surface area contributed by atoms with Gasteiger partial charge in [-0.3, -0.25) is 0 Å². The molecular weight excluding hydrogens is 152 g/mol. The molecule has 1 heterocycles. The Morgan fingerprint density at radius 1 is 1.67 bits per heavy atom. The molecule has 0 amide bonds. The van der Waals surface area contributed by atoms with Gasteiger partial charge in [-0.25, -0.2) is 0 Å². The minimum Gasteiger partial charge on any atom is -0.381 e. The summed E-state index contributed by atoms with van der Waals surface area (Å²) in [6, 6.07) is 0. The van der Waals surface area contributed by atoms with Crippen LogP contribution in [0.25, 0.3) is 0 Å². The molecule has 1 aliphatic heterocycles. The van der Waals surface area contributed by atoms with Crippen LogP contribution in [0.2, 0.25) is 0 Å². The molecule has 2 nitrogen and oxygen atoms in total. The molecular formula is C10H18O2. The number of rotatable bonds is 3. The summed E-state index contributed by atoms with van der Waals surface area (Å²) < 4.78 is 5.37. The zero-order chi connectivity index (χ0) is 9.03. The number of hydrogen-bond acceptors (Lipinski definition) is 2. The van der Waals surface area contributed by atoms with E-state index < -0.39 is 0 Å². The highest BCUT2D eigenvalue weighted by molar-refractivity contribution is 5.59. The van der Waals surface area contributed by atoms with Crippen molar-refractivity contribution in [3.63, 3.8) is 0 Å². The van der Waals surface area contributed by atoms with Crippen molar-refractivity contribution in [1.82, 2.24) is 0 Å². The summed E-state index contributed by atoms with van der Waals surface area (Å²) in [5.74, 6) is 0.439. The molecule has 2 heteroatoms. The summed E-state index contributed by atoms with van der Waals surface area (Å²) in [5, 5.41) is 0. The first-order valence-corrected chi connectivity index (χ1v) is 4.77. The molecule has 0 bridgehead atoms. The third-order valence-corrected chi connectivity index (χ3v) is 3.12. The van der Waals surface area contributed by atoms with Crippen LogP contribution in [0.4, 0.5) is 0 Å². The number of carbonyl (C=O) groups is 1. The molecule has 0 aliphatic carbocycles. The largest absolute Gasteiger partial charge is 0.381 e. The van der Waals surface area contributed by atoms with Crippen molar-refractivity contribution in [2.45, 2.75) is 33.1 Å². The van der Waals surface area contributed by atoms with Gasteiger partial charge in [-0.2, -0.15) is 0 Å². The van der Waals surface area contributed by atoms with Crippen LogP contribution in [0, 0.1) is 11.3 Å².